The molecule has 28 heavy (non-hydrogen) atoms. The number of likely N-dealkylation sites (tertiary alicyclic amines) is 1. The lowest BCUT2D eigenvalue weighted by Gasteiger charge is -2.36. The fraction of sp³-hybridized carbons (Fsp3) is 0.667. The van der Waals surface area contributed by atoms with Crippen LogP contribution in [0.15, 0.2) is 18.3 Å². The molecule has 152 valence electrons. The molecule has 1 aliphatic carbocycles. The van der Waals surface area contributed by atoms with Crippen LogP contribution < -0.4 is 4.74 Å². The molecule has 1 aromatic heterocycles. The molecular formula is C21H30N4O3. The van der Waals surface area contributed by atoms with Gasteiger partial charge < -0.3 is 14.5 Å². The van der Waals surface area contributed by atoms with Crippen LogP contribution in [0.4, 0.5) is 0 Å². The van der Waals surface area contributed by atoms with Crippen molar-refractivity contribution >= 4 is 11.8 Å². The first-order chi connectivity index (χ1) is 13.6. The molecule has 2 saturated heterocycles. The van der Waals surface area contributed by atoms with E-state index in [-0.39, 0.29) is 17.9 Å². The van der Waals surface area contributed by atoms with Crippen LogP contribution in [0.25, 0.3) is 0 Å². The van der Waals surface area contributed by atoms with Crippen molar-refractivity contribution in [2.75, 3.05) is 39.3 Å². The highest BCUT2D eigenvalue weighted by Crippen LogP contribution is 2.26. The van der Waals surface area contributed by atoms with Gasteiger partial charge in [-0.3, -0.25) is 14.5 Å². The fourth-order valence-corrected chi connectivity index (χ4v) is 4.30. The highest BCUT2D eigenvalue weighted by atomic mass is 16.5. The molecule has 7 heteroatoms. The molecule has 3 aliphatic rings. The van der Waals surface area contributed by atoms with E-state index in [1.807, 2.05) is 4.90 Å². The highest BCUT2D eigenvalue weighted by Gasteiger charge is 2.28. The van der Waals surface area contributed by atoms with E-state index < -0.39 is 0 Å². The molecule has 2 amide bonds. The first-order valence-corrected chi connectivity index (χ1v) is 10.5. The van der Waals surface area contributed by atoms with E-state index in [1.54, 1.807) is 30.2 Å². The number of hydrogen-bond donors (Lipinski definition) is 0. The number of pyridine rings is 1. The van der Waals surface area contributed by atoms with Crippen molar-refractivity contribution in [1.82, 2.24) is 19.7 Å². The van der Waals surface area contributed by atoms with Gasteiger partial charge in [0.1, 0.15) is 6.10 Å². The summed E-state index contributed by atoms with van der Waals surface area (Å²) in [5.74, 6) is 0.644. The van der Waals surface area contributed by atoms with Crippen molar-refractivity contribution in [2.45, 2.75) is 51.2 Å². The third kappa shape index (κ3) is 4.29. The minimum atomic E-state index is -0.0268. The summed E-state index contributed by atoms with van der Waals surface area (Å²) in [6.45, 7) is 6.57. The average molecular weight is 386 g/mol. The maximum absolute atomic E-state index is 12.9. The maximum Gasteiger partial charge on any atom is 0.255 e. The Balaban J connectivity index is 1.30. The molecule has 1 atom stereocenters. The van der Waals surface area contributed by atoms with Gasteiger partial charge in [0.15, 0.2) is 0 Å². The van der Waals surface area contributed by atoms with Gasteiger partial charge in [0.2, 0.25) is 11.8 Å². The number of carbonyl (C=O) groups is 2. The zero-order valence-electron chi connectivity index (χ0n) is 16.7. The first-order valence-electron chi connectivity index (χ1n) is 10.5. The maximum atomic E-state index is 12.9. The smallest absolute Gasteiger partial charge is 0.255 e. The molecule has 0 spiro atoms. The molecule has 0 bridgehead atoms. The Morgan fingerprint density at radius 1 is 1.00 bits per heavy atom. The summed E-state index contributed by atoms with van der Waals surface area (Å²) in [6, 6.07) is 4.31. The minimum Gasteiger partial charge on any atom is -0.472 e. The summed E-state index contributed by atoms with van der Waals surface area (Å²) in [6.07, 6.45) is 7.40. The minimum absolute atomic E-state index is 0.0268. The predicted molar refractivity (Wildman–Crippen MR) is 105 cm³/mol. The number of aromatic nitrogens is 1. The van der Waals surface area contributed by atoms with E-state index in [9.17, 15) is 9.59 Å². The van der Waals surface area contributed by atoms with Crippen LogP contribution in [0.5, 0.6) is 5.88 Å². The van der Waals surface area contributed by atoms with Crippen LogP contribution in [0.1, 0.15) is 49.4 Å². The largest absolute Gasteiger partial charge is 0.472 e. The molecule has 7 nitrogen and oxygen atoms in total. The second kappa shape index (κ2) is 8.47. The second-order valence-electron chi connectivity index (χ2n) is 8.15. The third-order valence-electron chi connectivity index (χ3n) is 6.27. The fourth-order valence-electron chi connectivity index (χ4n) is 4.30. The number of carbonyl (C=O) groups excluding carboxylic acids is 2. The van der Waals surface area contributed by atoms with E-state index in [2.05, 4.69) is 9.88 Å². The van der Waals surface area contributed by atoms with Crippen molar-refractivity contribution in [3.8, 4) is 5.88 Å². The Bertz CT molecular complexity index is 704. The van der Waals surface area contributed by atoms with Crippen LogP contribution in [0, 0.1) is 0 Å². The summed E-state index contributed by atoms with van der Waals surface area (Å²) in [4.78, 5) is 34.9. The quantitative estimate of drug-likeness (QED) is 0.789. The summed E-state index contributed by atoms with van der Waals surface area (Å²) >= 11 is 0. The van der Waals surface area contributed by atoms with Crippen molar-refractivity contribution in [3.63, 3.8) is 0 Å². The van der Waals surface area contributed by atoms with E-state index in [1.165, 1.54) is 19.3 Å². The van der Waals surface area contributed by atoms with Gasteiger partial charge in [-0.15, -0.1) is 0 Å². The molecule has 3 fully saturated rings. The van der Waals surface area contributed by atoms with Gasteiger partial charge in [-0.2, -0.15) is 0 Å². The van der Waals surface area contributed by atoms with Crippen molar-refractivity contribution in [1.29, 1.82) is 0 Å². The zero-order valence-corrected chi connectivity index (χ0v) is 16.7. The van der Waals surface area contributed by atoms with E-state index >= 15 is 0 Å². The SMILES string of the molecule is CC(=O)N1CCC(Oc2ccc(C(=O)N3CCCN(C4CCC4)CC3)cn2)C1. The Morgan fingerprint density at radius 3 is 2.50 bits per heavy atom. The van der Waals surface area contributed by atoms with E-state index in [4.69, 9.17) is 4.74 Å². The van der Waals surface area contributed by atoms with Gasteiger partial charge in [0, 0.05) is 64.4 Å². The van der Waals surface area contributed by atoms with Crippen LogP contribution in [-0.4, -0.2) is 82.9 Å². The second-order valence-corrected chi connectivity index (χ2v) is 8.15. The van der Waals surface area contributed by atoms with Crippen molar-refractivity contribution < 1.29 is 14.3 Å². The lowest BCUT2D eigenvalue weighted by atomic mass is 9.91. The van der Waals surface area contributed by atoms with Crippen molar-refractivity contribution in [2.24, 2.45) is 0 Å². The Kier molecular flexibility index (Phi) is 5.80. The molecule has 1 unspecified atom stereocenters. The topological polar surface area (TPSA) is 66.0 Å². The van der Waals surface area contributed by atoms with Gasteiger partial charge in [-0.05, 0) is 25.3 Å². The number of nitrogens with zero attached hydrogens (tertiary/aromatic N) is 4. The zero-order chi connectivity index (χ0) is 19.5. The summed E-state index contributed by atoms with van der Waals surface area (Å²) < 4.78 is 5.88. The molecule has 3 heterocycles. The van der Waals surface area contributed by atoms with Crippen LogP contribution >= 0.6 is 0 Å². The molecule has 2 aliphatic heterocycles. The molecule has 0 N–H and O–H groups in total. The number of ether oxygens (including phenoxy) is 1. The Hall–Kier alpha value is -2.15. The Morgan fingerprint density at radius 2 is 1.86 bits per heavy atom. The predicted octanol–water partition coefficient (Wildman–Crippen LogP) is 1.78. The van der Waals surface area contributed by atoms with E-state index in [0.717, 1.165) is 51.6 Å². The standard InChI is InChI=1S/C21H30N4O3/c1-16(26)25-11-8-19(15-25)28-20-7-6-17(14-22-20)21(27)24-10-3-9-23(12-13-24)18-4-2-5-18/h6-7,14,18-19H,2-5,8-13,15H2,1H3. The van der Waals surface area contributed by atoms with Crippen LogP contribution in [-0.2, 0) is 4.79 Å². The molecule has 0 aromatic carbocycles. The molecular weight excluding hydrogens is 356 g/mol. The van der Waals surface area contributed by atoms with Gasteiger partial charge >= 0.3 is 0 Å². The van der Waals surface area contributed by atoms with Crippen LogP contribution in [0.2, 0.25) is 0 Å². The summed E-state index contributed by atoms with van der Waals surface area (Å²) in [5.41, 5.74) is 0.612. The molecule has 0 radical (unpaired) electrons. The van der Waals surface area contributed by atoms with Crippen LogP contribution in [0.3, 0.4) is 0 Å². The van der Waals surface area contributed by atoms with Gasteiger partial charge in [-0.25, -0.2) is 4.98 Å². The van der Waals surface area contributed by atoms with Gasteiger partial charge in [0.25, 0.3) is 5.91 Å². The average Bonchev–Trinajstić information content (AvgIpc) is 2.99. The first kappa shape index (κ1) is 19.2. The number of amides is 2. The lowest BCUT2D eigenvalue weighted by molar-refractivity contribution is -0.128. The Labute approximate surface area is 166 Å². The molecule has 1 aromatic rings. The van der Waals surface area contributed by atoms with Gasteiger partial charge in [-0.1, -0.05) is 6.42 Å². The third-order valence-corrected chi connectivity index (χ3v) is 6.27. The van der Waals surface area contributed by atoms with Gasteiger partial charge in [0.05, 0.1) is 12.1 Å². The molecule has 1 saturated carbocycles. The normalized spacial score (nSPS) is 24.0. The summed E-state index contributed by atoms with van der Waals surface area (Å²) in [5, 5.41) is 0. The molecule has 4 rings (SSSR count). The number of rotatable bonds is 4. The van der Waals surface area contributed by atoms with Crippen molar-refractivity contribution in [3.05, 3.63) is 23.9 Å². The highest BCUT2D eigenvalue weighted by molar-refractivity contribution is 5.94. The monoisotopic (exact) mass is 386 g/mol. The number of hydrogen-bond acceptors (Lipinski definition) is 5. The van der Waals surface area contributed by atoms with E-state index in [0.29, 0.717) is 18.0 Å². The lowest BCUT2D eigenvalue weighted by Crippen LogP contribution is -2.42. The summed E-state index contributed by atoms with van der Waals surface area (Å²) in [7, 11) is 0.